The molecule has 21 heavy (non-hydrogen) atoms. The first kappa shape index (κ1) is 15.3. The van der Waals surface area contributed by atoms with Crippen LogP contribution in [0.4, 0.5) is 0 Å². The van der Waals surface area contributed by atoms with Crippen molar-refractivity contribution < 1.29 is 4.79 Å². The normalized spacial score (nSPS) is 12.4. The minimum atomic E-state index is -0.244. The second-order valence-corrected chi connectivity index (χ2v) is 5.20. The van der Waals surface area contributed by atoms with Crippen molar-refractivity contribution in [3.63, 3.8) is 0 Å². The molecular weight excluding hydrogens is 266 g/mol. The Morgan fingerprint density at radius 3 is 2.71 bits per heavy atom. The summed E-state index contributed by atoms with van der Waals surface area (Å²) in [7, 11) is 1.83. The third-order valence-corrected chi connectivity index (χ3v) is 3.67. The molecule has 0 N–H and O–H groups in total. The Bertz CT molecular complexity index is 587. The molecule has 2 aromatic rings. The predicted molar refractivity (Wildman–Crippen MR) is 80.7 cm³/mol. The van der Waals surface area contributed by atoms with Crippen LogP contribution in [0.3, 0.4) is 0 Å². The largest absolute Gasteiger partial charge is 0.339 e. The van der Waals surface area contributed by atoms with Gasteiger partial charge in [0.15, 0.2) is 0 Å². The maximum atomic E-state index is 12.6. The molecular formula is C15H23N5O. The van der Waals surface area contributed by atoms with Crippen molar-refractivity contribution in [2.24, 2.45) is 0 Å². The average molecular weight is 289 g/mol. The van der Waals surface area contributed by atoms with Gasteiger partial charge in [-0.25, -0.2) is 0 Å². The summed E-state index contributed by atoms with van der Waals surface area (Å²) in [6.07, 6.45) is 6.26. The third-order valence-electron chi connectivity index (χ3n) is 3.67. The van der Waals surface area contributed by atoms with Crippen LogP contribution in [-0.2, 0) is 17.9 Å². The summed E-state index contributed by atoms with van der Waals surface area (Å²) in [6, 6.07) is 1.59. The average Bonchev–Trinajstić information content (AvgIpc) is 3.10. The van der Waals surface area contributed by atoms with Crippen molar-refractivity contribution in [3.05, 3.63) is 35.9 Å². The van der Waals surface area contributed by atoms with E-state index < -0.39 is 0 Å². The van der Waals surface area contributed by atoms with Crippen molar-refractivity contribution in [1.82, 2.24) is 24.5 Å². The van der Waals surface area contributed by atoms with Crippen LogP contribution in [0, 0.1) is 6.92 Å². The topological polar surface area (TPSA) is 56.0 Å². The monoisotopic (exact) mass is 289 g/mol. The fraction of sp³-hybridized carbons (Fsp3) is 0.533. The van der Waals surface area contributed by atoms with Crippen LogP contribution < -0.4 is 0 Å². The van der Waals surface area contributed by atoms with Gasteiger partial charge in [0.05, 0.1) is 5.69 Å². The predicted octanol–water partition coefficient (Wildman–Crippen LogP) is 2.02. The number of carbonyl (C=O) groups is 1. The molecule has 0 saturated carbocycles. The molecule has 0 bridgehead atoms. The summed E-state index contributed by atoms with van der Waals surface area (Å²) in [4.78, 5) is 14.4. The Hall–Kier alpha value is -2.11. The Balaban J connectivity index is 2.09. The highest BCUT2D eigenvalue weighted by molar-refractivity contribution is 5.80. The Kier molecular flexibility index (Phi) is 4.77. The summed E-state index contributed by atoms with van der Waals surface area (Å²) in [5.41, 5.74) is 2.06. The zero-order valence-electron chi connectivity index (χ0n) is 13.2. The maximum Gasteiger partial charge on any atom is 0.247 e. The lowest BCUT2D eigenvalue weighted by Gasteiger charge is -2.23. The van der Waals surface area contributed by atoms with Crippen LogP contribution in [0.5, 0.6) is 0 Å². The van der Waals surface area contributed by atoms with E-state index in [1.54, 1.807) is 15.8 Å². The van der Waals surface area contributed by atoms with E-state index in [0.717, 1.165) is 24.2 Å². The van der Waals surface area contributed by atoms with Gasteiger partial charge in [-0.05, 0) is 26.3 Å². The van der Waals surface area contributed by atoms with E-state index in [0.29, 0.717) is 6.54 Å². The van der Waals surface area contributed by atoms with Gasteiger partial charge in [-0.1, -0.05) is 6.92 Å². The van der Waals surface area contributed by atoms with Crippen LogP contribution in [0.2, 0.25) is 0 Å². The lowest BCUT2D eigenvalue weighted by atomic mass is 10.2. The lowest BCUT2D eigenvalue weighted by molar-refractivity contribution is -0.134. The number of hydrogen-bond donors (Lipinski definition) is 0. The van der Waals surface area contributed by atoms with Gasteiger partial charge in [-0.15, -0.1) is 0 Å². The zero-order chi connectivity index (χ0) is 15.4. The van der Waals surface area contributed by atoms with Crippen molar-refractivity contribution in [3.8, 4) is 0 Å². The molecule has 0 aromatic carbocycles. The van der Waals surface area contributed by atoms with E-state index in [-0.39, 0.29) is 11.9 Å². The Morgan fingerprint density at radius 1 is 1.43 bits per heavy atom. The van der Waals surface area contributed by atoms with E-state index in [4.69, 9.17) is 0 Å². The van der Waals surface area contributed by atoms with Gasteiger partial charge in [-0.3, -0.25) is 14.2 Å². The van der Waals surface area contributed by atoms with Crippen molar-refractivity contribution in [2.75, 3.05) is 7.05 Å². The second-order valence-electron chi connectivity index (χ2n) is 5.20. The number of carbonyl (C=O) groups excluding carboxylic acids is 1. The lowest BCUT2D eigenvalue weighted by Crippen LogP contribution is -2.34. The SMILES string of the molecule is CC[C@H](C(=O)N(C)Cc1cn(CC)nc1C)n1cccn1. The van der Waals surface area contributed by atoms with Gasteiger partial charge in [-0.2, -0.15) is 10.2 Å². The molecule has 0 spiro atoms. The molecule has 2 rings (SSSR count). The first-order chi connectivity index (χ1) is 10.1. The molecule has 6 nitrogen and oxygen atoms in total. The number of likely N-dealkylation sites (N-methyl/N-ethyl adjacent to an activating group) is 1. The molecule has 0 saturated heterocycles. The standard InChI is InChI=1S/C15H23N5O/c1-5-14(20-9-7-8-16-20)15(21)18(4)10-13-11-19(6-2)17-12(13)3/h7-9,11,14H,5-6,10H2,1-4H3/t14-/m1/s1. The fourth-order valence-corrected chi connectivity index (χ4v) is 2.40. The van der Waals surface area contributed by atoms with E-state index >= 15 is 0 Å². The molecule has 0 aliphatic rings. The molecule has 2 heterocycles. The smallest absolute Gasteiger partial charge is 0.247 e. The van der Waals surface area contributed by atoms with Gasteiger partial charge in [0.2, 0.25) is 5.91 Å². The Labute approximate surface area is 125 Å². The molecule has 0 unspecified atom stereocenters. The van der Waals surface area contributed by atoms with Crippen LogP contribution in [0.1, 0.15) is 37.6 Å². The first-order valence-electron chi connectivity index (χ1n) is 7.33. The van der Waals surface area contributed by atoms with Crippen LogP contribution in [-0.4, -0.2) is 37.4 Å². The highest BCUT2D eigenvalue weighted by atomic mass is 16.2. The van der Waals surface area contributed by atoms with Gasteiger partial charge in [0.1, 0.15) is 6.04 Å². The molecule has 114 valence electrons. The zero-order valence-corrected chi connectivity index (χ0v) is 13.2. The number of aromatic nitrogens is 4. The quantitative estimate of drug-likeness (QED) is 0.817. The first-order valence-corrected chi connectivity index (χ1v) is 7.33. The number of rotatable bonds is 6. The van der Waals surface area contributed by atoms with E-state index in [2.05, 4.69) is 17.1 Å². The van der Waals surface area contributed by atoms with Crippen LogP contribution >= 0.6 is 0 Å². The van der Waals surface area contributed by atoms with Gasteiger partial charge in [0, 0.05) is 44.3 Å². The van der Waals surface area contributed by atoms with E-state index in [1.165, 1.54) is 0 Å². The van der Waals surface area contributed by atoms with Crippen molar-refractivity contribution in [2.45, 2.75) is 46.3 Å². The second kappa shape index (κ2) is 6.56. The van der Waals surface area contributed by atoms with E-state index in [1.807, 2.05) is 44.0 Å². The fourth-order valence-electron chi connectivity index (χ4n) is 2.40. The number of nitrogens with zero attached hydrogens (tertiary/aromatic N) is 5. The minimum Gasteiger partial charge on any atom is -0.339 e. The highest BCUT2D eigenvalue weighted by Crippen LogP contribution is 2.16. The van der Waals surface area contributed by atoms with Gasteiger partial charge >= 0.3 is 0 Å². The van der Waals surface area contributed by atoms with Gasteiger partial charge in [0.25, 0.3) is 0 Å². The Morgan fingerprint density at radius 2 is 2.19 bits per heavy atom. The molecule has 0 aliphatic carbocycles. The van der Waals surface area contributed by atoms with Crippen LogP contribution in [0.25, 0.3) is 0 Å². The third kappa shape index (κ3) is 3.32. The molecule has 0 aliphatic heterocycles. The summed E-state index contributed by atoms with van der Waals surface area (Å²) in [6.45, 7) is 7.44. The molecule has 6 heteroatoms. The summed E-state index contributed by atoms with van der Waals surface area (Å²) >= 11 is 0. The molecule has 1 amide bonds. The molecule has 2 aromatic heterocycles. The minimum absolute atomic E-state index is 0.0739. The summed E-state index contributed by atoms with van der Waals surface area (Å²) < 4.78 is 3.62. The van der Waals surface area contributed by atoms with Crippen LogP contribution in [0.15, 0.2) is 24.7 Å². The van der Waals surface area contributed by atoms with Crippen molar-refractivity contribution >= 4 is 5.91 Å². The summed E-state index contributed by atoms with van der Waals surface area (Å²) in [5, 5.41) is 8.60. The molecule has 1 atom stereocenters. The summed E-state index contributed by atoms with van der Waals surface area (Å²) in [5.74, 6) is 0.0739. The van der Waals surface area contributed by atoms with E-state index in [9.17, 15) is 4.79 Å². The maximum absolute atomic E-state index is 12.6. The number of aryl methyl sites for hydroxylation is 2. The molecule has 0 fully saturated rings. The number of amides is 1. The molecule has 0 radical (unpaired) electrons. The number of hydrogen-bond acceptors (Lipinski definition) is 3. The van der Waals surface area contributed by atoms with Gasteiger partial charge < -0.3 is 4.90 Å². The van der Waals surface area contributed by atoms with Crippen molar-refractivity contribution in [1.29, 1.82) is 0 Å². The highest BCUT2D eigenvalue weighted by Gasteiger charge is 2.23.